The van der Waals surface area contributed by atoms with Gasteiger partial charge in [-0.1, -0.05) is 80.1 Å². The molecule has 1 radical (unpaired) electrons. The highest BCUT2D eigenvalue weighted by atomic mass is 16.5. The van der Waals surface area contributed by atoms with Crippen molar-refractivity contribution >= 4 is 11.0 Å². The third-order valence-electron chi connectivity index (χ3n) is 4.89. The molecule has 1 heterocycles. The molecule has 0 spiro atoms. The predicted molar refractivity (Wildman–Crippen MR) is 111 cm³/mol. The summed E-state index contributed by atoms with van der Waals surface area (Å²) in [6.07, 6.45) is 10.7. The second kappa shape index (κ2) is 10.1. The number of hydrogen-bond donors (Lipinski definition) is 0. The highest BCUT2D eigenvalue weighted by Gasteiger charge is 2.13. The first-order valence-electron chi connectivity index (χ1n) is 10.1. The molecule has 1 aromatic heterocycles. The fourth-order valence-corrected chi connectivity index (χ4v) is 3.26. The van der Waals surface area contributed by atoms with Crippen LogP contribution in [0, 0.1) is 13.3 Å². The van der Waals surface area contributed by atoms with Gasteiger partial charge in [-0.15, -0.1) is 0 Å². The first-order valence-corrected chi connectivity index (χ1v) is 10.1. The summed E-state index contributed by atoms with van der Waals surface area (Å²) in [6.45, 7) is 4.89. The van der Waals surface area contributed by atoms with Crippen LogP contribution in [-0.4, -0.2) is 5.16 Å². The number of fused-ring (bicyclic) bond motifs is 1. The van der Waals surface area contributed by atoms with Crippen LogP contribution in [-0.2, 0) is 13.0 Å². The van der Waals surface area contributed by atoms with Gasteiger partial charge in [0.25, 0.3) is 0 Å². The summed E-state index contributed by atoms with van der Waals surface area (Å²) in [4.78, 5) is 0. The van der Waals surface area contributed by atoms with E-state index < -0.39 is 0 Å². The maximum atomic E-state index is 6.11. The predicted octanol–water partition coefficient (Wildman–Crippen LogP) is 6.82. The van der Waals surface area contributed by atoms with E-state index in [4.69, 9.17) is 9.26 Å². The van der Waals surface area contributed by atoms with Crippen LogP contribution in [0.1, 0.15) is 62.3 Å². The monoisotopic (exact) mass is 364 g/mol. The van der Waals surface area contributed by atoms with E-state index in [1.165, 1.54) is 37.7 Å². The molecule has 0 saturated heterocycles. The van der Waals surface area contributed by atoms with Crippen LogP contribution in [0.2, 0.25) is 0 Å². The molecule has 0 saturated carbocycles. The second-order valence-electron chi connectivity index (χ2n) is 7.21. The van der Waals surface area contributed by atoms with Gasteiger partial charge in [-0.25, -0.2) is 0 Å². The van der Waals surface area contributed by atoms with E-state index in [9.17, 15) is 0 Å². The van der Waals surface area contributed by atoms with Gasteiger partial charge in [0.2, 0.25) is 0 Å². The smallest absolute Gasteiger partial charge is 0.170 e. The summed E-state index contributed by atoms with van der Waals surface area (Å²) >= 11 is 0. The lowest BCUT2D eigenvalue weighted by Crippen LogP contribution is -1.97. The Bertz CT molecular complexity index is 820. The lowest BCUT2D eigenvalue weighted by Gasteiger charge is -2.08. The molecule has 3 nitrogen and oxygen atoms in total. The molecule has 0 aliphatic rings. The SMILES string of the molecule is CCCCCC[CH]CCc1noc2cccc(OCc3ccc(C)cc3)c12. The number of benzene rings is 2. The van der Waals surface area contributed by atoms with E-state index in [1.807, 2.05) is 18.2 Å². The van der Waals surface area contributed by atoms with Crippen molar-refractivity contribution in [1.29, 1.82) is 0 Å². The molecule has 3 aromatic rings. The molecule has 0 aliphatic carbocycles. The largest absolute Gasteiger partial charge is 0.488 e. The van der Waals surface area contributed by atoms with Crippen molar-refractivity contribution in [1.82, 2.24) is 5.16 Å². The first kappa shape index (κ1) is 19.5. The molecule has 0 atom stereocenters. The van der Waals surface area contributed by atoms with Crippen LogP contribution >= 0.6 is 0 Å². The Morgan fingerprint density at radius 2 is 1.85 bits per heavy atom. The van der Waals surface area contributed by atoms with Gasteiger partial charge in [0.15, 0.2) is 5.58 Å². The third-order valence-corrected chi connectivity index (χ3v) is 4.89. The molecular weight excluding hydrogens is 334 g/mol. The maximum absolute atomic E-state index is 6.11. The first-order chi connectivity index (χ1) is 13.3. The number of aryl methyl sites for hydroxylation is 2. The topological polar surface area (TPSA) is 35.3 Å². The van der Waals surface area contributed by atoms with Crippen molar-refractivity contribution in [2.24, 2.45) is 0 Å². The minimum absolute atomic E-state index is 0.549. The molecule has 3 rings (SSSR count). The van der Waals surface area contributed by atoms with Gasteiger partial charge in [-0.05, 0) is 43.9 Å². The maximum Gasteiger partial charge on any atom is 0.170 e. The van der Waals surface area contributed by atoms with E-state index in [2.05, 4.69) is 49.7 Å². The minimum Gasteiger partial charge on any atom is -0.488 e. The van der Waals surface area contributed by atoms with Crippen LogP contribution in [0.3, 0.4) is 0 Å². The quantitative estimate of drug-likeness (QED) is 0.350. The standard InChI is InChI=1S/C24H30NO2/c1-3-4-5-6-7-8-9-11-21-24-22(12-10-13-23(24)27-25-21)26-18-20-16-14-19(2)15-17-20/h8,10,12-17H,3-7,9,11,18H2,1-2H3. The Morgan fingerprint density at radius 1 is 1.00 bits per heavy atom. The molecule has 0 fully saturated rings. The summed E-state index contributed by atoms with van der Waals surface area (Å²) in [5.74, 6) is 0.854. The summed E-state index contributed by atoms with van der Waals surface area (Å²) in [5, 5.41) is 5.31. The van der Waals surface area contributed by atoms with Gasteiger partial charge in [-0.2, -0.15) is 0 Å². The average molecular weight is 365 g/mol. The molecule has 0 amide bonds. The van der Waals surface area contributed by atoms with E-state index in [-0.39, 0.29) is 0 Å². The number of ether oxygens (including phenoxy) is 1. The number of hydrogen-bond acceptors (Lipinski definition) is 3. The van der Waals surface area contributed by atoms with E-state index in [1.54, 1.807) is 0 Å². The summed E-state index contributed by atoms with van der Waals surface area (Å²) in [6, 6.07) is 14.4. The molecule has 27 heavy (non-hydrogen) atoms. The van der Waals surface area contributed by atoms with Gasteiger partial charge in [0.05, 0.1) is 11.1 Å². The van der Waals surface area contributed by atoms with Crippen LogP contribution < -0.4 is 4.74 Å². The highest BCUT2D eigenvalue weighted by molar-refractivity contribution is 5.86. The zero-order valence-electron chi connectivity index (χ0n) is 16.5. The number of rotatable bonds is 11. The van der Waals surface area contributed by atoms with Gasteiger partial charge in [0, 0.05) is 0 Å². The van der Waals surface area contributed by atoms with Gasteiger partial charge >= 0.3 is 0 Å². The zero-order chi connectivity index (χ0) is 18.9. The molecule has 0 unspecified atom stereocenters. The highest BCUT2D eigenvalue weighted by Crippen LogP contribution is 2.30. The normalized spacial score (nSPS) is 11.2. The van der Waals surface area contributed by atoms with Crippen LogP contribution in [0.4, 0.5) is 0 Å². The molecule has 0 aliphatic heterocycles. The Hall–Kier alpha value is -2.29. The lowest BCUT2D eigenvalue weighted by molar-refractivity contribution is 0.310. The number of unbranched alkanes of at least 4 members (excludes halogenated alkanes) is 6. The van der Waals surface area contributed by atoms with Crippen molar-refractivity contribution in [2.75, 3.05) is 0 Å². The number of aromatic nitrogens is 1. The van der Waals surface area contributed by atoms with E-state index >= 15 is 0 Å². The molecule has 2 aromatic carbocycles. The van der Waals surface area contributed by atoms with Gasteiger partial charge in [-0.3, -0.25) is 0 Å². The molecule has 0 N–H and O–H groups in total. The van der Waals surface area contributed by atoms with Crippen molar-refractivity contribution in [3.63, 3.8) is 0 Å². The Morgan fingerprint density at radius 3 is 2.67 bits per heavy atom. The third kappa shape index (κ3) is 5.59. The van der Waals surface area contributed by atoms with Crippen LogP contribution in [0.15, 0.2) is 47.0 Å². The second-order valence-corrected chi connectivity index (χ2v) is 7.21. The van der Waals surface area contributed by atoms with E-state index in [0.29, 0.717) is 6.61 Å². The van der Waals surface area contributed by atoms with Crippen LogP contribution in [0.25, 0.3) is 11.0 Å². The van der Waals surface area contributed by atoms with Crippen molar-refractivity contribution < 1.29 is 9.26 Å². The summed E-state index contributed by atoms with van der Waals surface area (Å²) < 4.78 is 11.6. The zero-order valence-corrected chi connectivity index (χ0v) is 16.5. The fraction of sp³-hybridized carbons (Fsp3) is 0.417. The fourth-order valence-electron chi connectivity index (χ4n) is 3.26. The molecule has 0 bridgehead atoms. The van der Waals surface area contributed by atoms with Crippen molar-refractivity contribution in [3.05, 3.63) is 65.7 Å². The van der Waals surface area contributed by atoms with Crippen molar-refractivity contribution in [3.8, 4) is 5.75 Å². The lowest BCUT2D eigenvalue weighted by atomic mass is 10.1. The summed E-state index contributed by atoms with van der Waals surface area (Å²) in [7, 11) is 0. The minimum atomic E-state index is 0.549. The molecule has 3 heteroatoms. The van der Waals surface area contributed by atoms with Gasteiger partial charge in [0.1, 0.15) is 12.4 Å². The Balaban J connectivity index is 1.59. The Kier molecular flexibility index (Phi) is 7.32. The molecular formula is C24H30NO2. The van der Waals surface area contributed by atoms with Crippen LogP contribution in [0.5, 0.6) is 5.75 Å². The number of nitrogens with zero attached hydrogens (tertiary/aromatic N) is 1. The van der Waals surface area contributed by atoms with Crippen molar-refractivity contribution in [2.45, 2.75) is 65.4 Å². The average Bonchev–Trinajstić information content (AvgIpc) is 3.11. The van der Waals surface area contributed by atoms with E-state index in [0.717, 1.165) is 40.8 Å². The molecule has 143 valence electrons. The Labute approximate surface area is 162 Å². The van der Waals surface area contributed by atoms with Gasteiger partial charge < -0.3 is 9.26 Å². The summed E-state index contributed by atoms with van der Waals surface area (Å²) in [5.41, 5.74) is 4.22.